The number of nitriles is 1. The van der Waals surface area contributed by atoms with Gasteiger partial charge in [0.25, 0.3) is 0 Å². The first-order valence-corrected chi connectivity index (χ1v) is 4.98. The van der Waals surface area contributed by atoms with E-state index in [1.807, 2.05) is 13.0 Å². The maximum atomic E-state index is 10.8. The van der Waals surface area contributed by atoms with E-state index >= 15 is 0 Å². The minimum Gasteiger partial charge on any atom is -0.352 e. The minimum absolute atomic E-state index is 0.102. The van der Waals surface area contributed by atoms with Crippen LogP contribution in [0.1, 0.15) is 39.0 Å². The highest BCUT2D eigenvalue weighted by Crippen LogP contribution is 2.16. The van der Waals surface area contributed by atoms with Crippen LogP contribution in [0.2, 0.25) is 0 Å². The van der Waals surface area contributed by atoms with Gasteiger partial charge in [-0.15, -0.1) is 0 Å². The maximum absolute atomic E-state index is 10.8. The van der Waals surface area contributed by atoms with Crippen LogP contribution in [0.5, 0.6) is 0 Å². The largest absolute Gasteiger partial charge is 0.352 e. The quantitative estimate of drug-likeness (QED) is 0.666. The summed E-state index contributed by atoms with van der Waals surface area (Å²) in [6.45, 7) is 2.00. The maximum Gasteiger partial charge on any atom is 0.237 e. The number of rotatable bonds is 1. The molecule has 1 saturated heterocycles. The molecule has 1 amide bonds. The van der Waals surface area contributed by atoms with Crippen LogP contribution < -0.4 is 5.32 Å². The number of carbonyl (C=O) groups excluding carboxylic acids is 1. The molecule has 0 aromatic heterocycles. The summed E-state index contributed by atoms with van der Waals surface area (Å²) in [6.07, 6.45) is 6.11. The molecule has 2 rings (SSSR count). The second-order valence-corrected chi connectivity index (χ2v) is 3.59. The van der Waals surface area contributed by atoms with Crippen LogP contribution in [-0.4, -0.2) is 11.9 Å². The van der Waals surface area contributed by atoms with E-state index in [9.17, 15) is 4.79 Å². The summed E-state index contributed by atoms with van der Waals surface area (Å²) >= 11 is 0. The zero-order valence-electron chi connectivity index (χ0n) is 8.05. The van der Waals surface area contributed by atoms with Crippen molar-refractivity contribution in [3.63, 3.8) is 0 Å². The average Bonchev–Trinajstić information content (AvgIpc) is 2.96. The minimum atomic E-state index is -0.398. The summed E-state index contributed by atoms with van der Waals surface area (Å²) in [7, 11) is 0. The summed E-state index contributed by atoms with van der Waals surface area (Å²) in [5.74, 6) is -0.501. The Balaban J connectivity index is 0.000000236. The van der Waals surface area contributed by atoms with Gasteiger partial charge < -0.3 is 5.32 Å². The smallest absolute Gasteiger partial charge is 0.237 e. The lowest BCUT2D eigenvalue weighted by molar-refractivity contribution is -0.121. The molecule has 2 atom stereocenters. The van der Waals surface area contributed by atoms with Crippen molar-refractivity contribution in [1.29, 1.82) is 5.26 Å². The fourth-order valence-corrected chi connectivity index (χ4v) is 1.13. The molecule has 0 aromatic carbocycles. The van der Waals surface area contributed by atoms with Crippen molar-refractivity contribution < 1.29 is 4.79 Å². The molecule has 72 valence electrons. The normalized spacial score (nSPS) is 29.7. The van der Waals surface area contributed by atoms with Gasteiger partial charge in [-0.25, -0.2) is 0 Å². The molecular weight excluding hydrogens is 164 g/mol. The monoisotopic (exact) mass is 180 g/mol. The Morgan fingerprint density at radius 2 is 2.15 bits per heavy atom. The van der Waals surface area contributed by atoms with Gasteiger partial charge >= 0.3 is 0 Å². The molecule has 0 radical (unpaired) electrons. The van der Waals surface area contributed by atoms with Gasteiger partial charge in [-0.2, -0.15) is 5.26 Å². The molecule has 0 spiro atoms. The number of amides is 1. The number of carbonyl (C=O) groups is 1. The van der Waals surface area contributed by atoms with Crippen molar-refractivity contribution in [2.75, 3.05) is 0 Å². The topological polar surface area (TPSA) is 52.9 Å². The molecule has 0 aromatic rings. The van der Waals surface area contributed by atoms with Gasteiger partial charge in [0, 0.05) is 6.04 Å². The van der Waals surface area contributed by atoms with Crippen LogP contribution in [0.15, 0.2) is 0 Å². The fourth-order valence-electron chi connectivity index (χ4n) is 1.13. The third-order valence-electron chi connectivity index (χ3n) is 2.19. The van der Waals surface area contributed by atoms with Crippen LogP contribution in [-0.2, 0) is 4.79 Å². The molecule has 0 bridgehead atoms. The number of nitrogens with zero attached hydrogens (tertiary/aromatic N) is 1. The van der Waals surface area contributed by atoms with Gasteiger partial charge in [0.2, 0.25) is 5.91 Å². The Bertz CT molecular complexity index is 215. The Hall–Kier alpha value is -1.04. The third kappa shape index (κ3) is 3.45. The summed E-state index contributed by atoms with van der Waals surface area (Å²) in [4.78, 5) is 10.8. The van der Waals surface area contributed by atoms with Crippen molar-refractivity contribution in [3.8, 4) is 6.07 Å². The Labute approximate surface area is 79.1 Å². The average molecular weight is 180 g/mol. The first kappa shape index (κ1) is 10.0. The van der Waals surface area contributed by atoms with E-state index in [1.54, 1.807) is 0 Å². The molecular formula is C10H16N2O. The Kier molecular flexibility index (Phi) is 3.75. The van der Waals surface area contributed by atoms with E-state index in [0.29, 0.717) is 6.42 Å². The molecule has 2 aliphatic rings. The van der Waals surface area contributed by atoms with E-state index in [-0.39, 0.29) is 11.9 Å². The van der Waals surface area contributed by atoms with Gasteiger partial charge in [-0.3, -0.25) is 4.79 Å². The van der Waals surface area contributed by atoms with E-state index < -0.39 is 5.92 Å². The standard InChI is InChI=1S/C7H10N2O.C3H6/c1-2-6-3-5(4-8)7(10)9-6;1-2-3-1/h5-6H,2-3H2,1H3,(H,9,10);1-3H2. The SMILES string of the molecule is C1CC1.CCC1CC(C#N)C(=O)N1. The van der Waals surface area contributed by atoms with Gasteiger partial charge in [0.1, 0.15) is 5.92 Å². The van der Waals surface area contributed by atoms with Crippen molar-refractivity contribution in [3.05, 3.63) is 0 Å². The molecule has 3 nitrogen and oxygen atoms in total. The Morgan fingerprint density at radius 1 is 1.54 bits per heavy atom. The predicted octanol–water partition coefficient (Wildman–Crippen LogP) is 1.59. The lowest BCUT2D eigenvalue weighted by Crippen LogP contribution is -2.25. The second-order valence-electron chi connectivity index (χ2n) is 3.59. The van der Waals surface area contributed by atoms with Crippen LogP contribution >= 0.6 is 0 Å². The van der Waals surface area contributed by atoms with Crippen molar-refractivity contribution in [2.45, 2.75) is 45.1 Å². The highest BCUT2D eigenvalue weighted by Gasteiger charge is 2.30. The number of hydrogen-bond acceptors (Lipinski definition) is 2. The zero-order chi connectivity index (χ0) is 9.68. The molecule has 1 aliphatic carbocycles. The van der Waals surface area contributed by atoms with Crippen LogP contribution in [0, 0.1) is 17.2 Å². The molecule has 1 saturated carbocycles. The molecule has 3 heteroatoms. The van der Waals surface area contributed by atoms with E-state index in [1.165, 1.54) is 19.3 Å². The Morgan fingerprint density at radius 3 is 2.38 bits per heavy atom. The predicted molar refractivity (Wildman–Crippen MR) is 49.8 cm³/mol. The number of nitrogens with one attached hydrogen (secondary N) is 1. The molecule has 1 N–H and O–H groups in total. The highest BCUT2D eigenvalue weighted by molar-refractivity contribution is 5.83. The van der Waals surface area contributed by atoms with Gasteiger partial charge in [0.05, 0.1) is 6.07 Å². The van der Waals surface area contributed by atoms with Crippen molar-refractivity contribution in [1.82, 2.24) is 5.32 Å². The molecule has 2 fully saturated rings. The summed E-state index contributed by atoms with van der Waals surface area (Å²) in [5.41, 5.74) is 0. The van der Waals surface area contributed by atoms with Gasteiger partial charge in [-0.05, 0) is 12.8 Å². The molecule has 2 unspecified atom stereocenters. The molecule has 1 aliphatic heterocycles. The fraction of sp³-hybridized carbons (Fsp3) is 0.800. The van der Waals surface area contributed by atoms with Crippen LogP contribution in [0.3, 0.4) is 0 Å². The second kappa shape index (κ2) is 4.86. The first-order valence-electron chi connectivity index (χ1n) is 4.98. The van der Waals surface area contributed by atoms with Crippen LogP contribution in [0.4, 0.5) is 0 Å². The third-order valence-corrected chi connectivity index (χ3v) is 2.19. The van der Waals surface area contributed by atoms with E-state index in [4.69, 9.17) is 5.26 Å². The zero-order valence-corrected chi connectivity index (χ0v) is 8.05. The first-order chi connectivity index (χ1) is 6.27. The molecule has 13 heavy (non-hydrogen) atoms. The lowest BCUT2D eigenvalue weighted by Gasteiger charge is -2.02. The highest BCUT2D eigenvalue weighted by atomic mass is 16.2. The summed E-state index contributed by atoms with van der Waals surface area (Å²) < 4.78 is 0. The van der Waals surface area contributed by atoms with Gasteiger partial charge in [-0.1, -0.05) is 26.2 Å². The summed E-state index contributed by atoms with van der Waals surface area (Å²) in [5, 5.41) is 11.2. The number of hydrogen-bond donors (Lipinski definition) is 1. The van der Waals surface area contributed by atoms with Gasteiger partial charge in [0.15, 0.2) is 0 Å². The summed E-state index contributed by atoms with van der Waals surface area (Å²) in [6, 6.07) is 2.20. The van der Waals surface area contributed by atoms with E-state index in [2.05, 4.69) is 5.32 Å². The van der Waals surface area contributed by atoms with E-state index in [0.717, 1.165) is 6.42 Å². The van der Waals surface area contributed by atoms with Crippen molar-refractivity contribution >= 4 is 5.91 Å². The molecule has 1 heterocycles. The van der Waals surface area contributed by atoms with Crippen molar-refractivity contribution in [2.24, 2.45) is 5.92 Å². The lowest BCUT2D eigenvalue weighted by atomic mass is 10.1. The van der Waals surface area contributed by atoms with Crippen LogP contribution in [0.25, 0.3) is 0 Å².